The van der Waals surface area contributed by atoms with Crippen LogP contribution in [0.25, 0.3) is 6.08 Å². The number of ether oxygens (including phenoxy) is 1. The van der Waals surface area contributed by atoms with E-state index in [2.05, 4.69) is 138 Å². The van der Waals surface area contributed by atoms with E-state index in [1.807, 2.05) is 0 Å². The van der Waals surface area contributed by atoms with Crippen LogP contribution in [0, 0.1) is 25.7 Å². The molecule has 0 bridgehead atoms. The number of amides is 1. The van der Waals surface area contributed by atoms with Crippen molar-refractivity contribution >= 4 is 35.5 Å². The number of aromatic amines is 1. The van der Waals surface area contributed by atoms with Crippen molar-refractivity contribution in [3.05, 3.63) is 132 Å². The molecule has 0 spiro atoms. The lowest BCUT2D eigenvalue weighted by atomic mass is 9.79. The third-order valence-electron chi connectivity index (χ3n) is 12.1. The minimum atomic E-state index is -5.77. The molecule has 3 aromatic rings. The molecule has 2 heterocycles. The normalized spacial score (nSPS) is 23.1. The predicted molar refractivity (Wildman–Crippen MR) is 245 cm³/mol. The van der Waals surface area contributed by atoms with Crippen molar-refractivity contribution in [2.45, 2.75) is 115 Å². The predicted octanol–water partition coefficient (Wildman–Crippen LogP) is 6.50. The highest BCUT2D eigenvalue weighted by Gasteiger charge is 2.44. The number of unbranched alkanes of at least 4 members (excludes halogenated alkanes) is 2. The van der Waals surface area contributed by atoms with Crippen LogP contribution in [0.3, 0.4) is 0 Å². The van der Waals surface area contributed by atoms with Crippen LogP contribution in [0.2, 0.25) is 0 Å². The summed E-state index contributed by atoms with van der Waals surface area (Å²) in [4.78, 5) is 76.4. The van der Waals surface area contributed by atoms with E-state index in [0.717, 1.165) is 30.0 Å². The number of aryl methyl sites for hydroxylation is 2. The van der Waals surface area contributed by atoms with Crippen LogP contribution >= 0.6 is 23.5 Å². The average molecular weight is 972 g/mol. The van der Waals surface area contributed by atoms with Gasteiger partial charge in [-0.05, 0) is 54.5 Å². The number of phosphoric ester groups is 1. The number of fused-ring (bicyclic) bond motifs is 2. The van der Waals surface area contributed by atoms with Gasteiger partial charge < -0.3 is 34.7 Å². The second-order valence-electron chi connectivity index (χ2n) is 17.8. The summed E-state index contributed by atoms with van der Waals surface area (Å²) >= 11 is 0. The summed E-state index contributed by atoms with van der Waals surface area (Å²) in [6.45, 7) is 12.4. The number of allylic oxidation sites excluding steroid dienone is 5. The first-order valence-electron chi connectivity index (χ1n) is 21.3. The lowest BCUT2D eigenvalue weighted by molar-refractivity contribution is -0.120. The number of phosphoric acid groups is 3. The Balaban J connectivity index is 0.992. The van der Waals surface area contributed by atoms with Gasteiger partial charge in [0.15, 0.2) is 0 Å². The zero-order valence-electron chi connectivity index (χ0n) is 37.4. The van der Waals surface area contributed by atoms with E-state index < -0.39 is 59.8 Å². The molecule has 7 N–H and O–H groups in total. The van der Waals surface area contributed by atoms with Crippen LogP contribution in [-0.4, -0.2) is 65.5 Å². The molecule has 0 saturated carbocycles. The van der Waals surface area contributed by atoms with Gasteiger partial charge in [-0.3, -0.25) is 23.7 Å². The lowest BCUT2D eigenvalue weighted by Crippen LogP contribution is -2.33. The molecular formula is C45H56N3O15P3. The van der Waals surface area contributed by atoms with Crippen LogP contribution in [0.1, 0.15) is 117 Å². The van der Waals surface area contributed by atoms with Crippen LogP contribution < -0.4 is 16.6 Å². The third-order valence-corrected chi connectivity index (χ3v) is 15.9. The Labute approximate surface area is 382 Å². The van der Waals surface area contributed by atoms with Gasteiger partial charge in [-0.15, -0.1) is 0 Å². The summed E-state index contributed by atoms with van der Waals surface area (Å²) < 4.78 is 52.8. The molecule has 0 radical (unpaired) electrons. The molecule has 21 heteroatoms. The Morgan fingerprint density at radius 2 is 1.65 bits per heavy atom. The second kappa shape index (κ2) is 20.1. The van der Waals surface area contributed by atoms with E-state index in [-0.39, 0.29) is 47.6 Å². The summed E-state index contributed by atoms with van der Waals surface area (Å²) in [5.41, 5.74) is 8.28. The van der Waals surface area contributed by atoms with E-state index in [0.29, 0.717) is 6.42 Å². The number of aliphatic hydroxyl groups excluding tert-OH is 1. The van der Waals surface area contributed by atoms with Crippen molar-refractivity contribution in [3.63, 3.8) is 0 Å². The summed E-state index contributed by atoms with van der Waals surface area (Å²) in [7, 11) is -16.9. The van der Waals surface area contributed by atoms with Crippen molar-refractivity contribution in [1.82, 2.24) is 14.9 Å². The molecule has 6 rings (SSSR count). The molecule has 1 aliphatic heterocycles. The highest BCUT2D eigenvalue weighted by molar-refractivity contribution is 7.66. The first-order valence-corrected chi connectivity index (χ1v) is 25.8. The first kappa shape index (κ1) is 51.1. The molecular weight excluding hydrogens is 915 g/mol. The van der Waals surface area contributed by atoms with Crippen molar-refractivity contribution in [3.8, 4) is 11.8 Å². The topological polar surface area (TPSA) is 273 Å². The minimum Gasteiger partial charge on any atom is -0.390 e. The highest BCUT2D eigenvalue weighted by atomic mass is 31.3. The van der Waals surface area contributed by atoms with Gasteiger partial charge in [-0.2, -0.15) is 8.62 Å². The quantitative estimate of drug-likeness (QED) is 0.0432. The van der Waals surface area contributed by atoms with Crippen molar-refractivity contribution in [2.24, 2.45) is 0 Å². The fraction of sp³-hybridized carbons (Fsp3) is 0.444. The number of aromatic nitrogens is 2. The monoisotopic (exact) mass is 971 g/mol. The smallest absolute Gasteiger partial charge is 0.390 e. The largest absolute Gasteiger partial charge is 0.490 e. The number of aliphatic hydroxyl groups is 1. The molecule has 2 aliphatic carbocycles. The molecule has 356 valence electrons. The highest BCUT2D eigenvalue weighted by Crippen LogP contribution is 2.66. The molecule has 1 fully saturated rings. The number of carbonyl (C=O) groups excluding carboxylic acids is 1. The number of nitrogens with zero attached hydrogens (tertiary/aromatic N) is 1. The van der Waals surface area contributed by atoms with Gasteiger partial charge in [0, 0.05) is 35.8 Å². The third kappa shape index (κ3) is 12.4. The Hall–Kier alpha value is -4.30. The van der Waals surface area contributed by atoms with Crippen LogP contribution in [0.15, 0.2) is 81.6 Å². The standard InChI is InChI=1S/C45H56N3O15P3/c1-28-17-19-30-24-32(44(3,4)36(30)22-28)13-10-15-35-33(34-20-18-29(2)23-37(34)45(35,5)6)14-8-7-9-16-40(50)46-21-11-12-31-26-48(43(52)47-42(31)51)41-25-38(49)39(61-41)27-60-65(56,57)63-66(58,59)62-64(53,54)55/h10,13,15,17-20,22-24,26,33,38-39,41,49H,7-9,14,16,21,25,27H2,1-6H3,(H,46,50)(H,56,57)(H,58,59)(H,47,51,52)(H2,53,54,55)/b13-10+,35-15-/t33?,38-,39-,41-/m1/s1. The Kier molecular flexibility index (Phi) is 15.6. The van der Waals surface area contributed by atoms with Gasteiger partial charge in [0.2, 0.25) is 5.91 Å². The zero-order valence-corrected chi connectivity index (χ0v) is 40.1. The van der Waals surface area contributed by atoms with E-state index in [9.17, 15) is 43.0 Å². The summed E-state index contributed by atoms with van der Waals surface area (Å²) in [5.74, 6) is 5.33. The number of carbonyl (C=O) groups is 1. The second-order valence-corrected chi connectivity index (χ2v) is 22.2. The average Bonchev–Trinajstić information content (AvgIpc) is 3.76. The van der Waals surface area contributed by atoms with Crippen LogP contribution in [0.5, 0.6) is 0 Å². The molecule has 66 heavy (non-hydrogen) atoms. The molecule has 1 saturated heterocycles. The van der Waals surface area contributed by atoms with Crippen molar-refractivity contribution in [2.75, 3.05) is 13.2 Å². The van der Waals surface area contributed by atoms with Gasteiger partial charge in [-0.25, -0.2) is 18.5 Å². The van der Waals surface area contributed by atoms with Crippen LogP contribution in [0.4, 0.5) is 0 Å². The van der Waals surface area contributed by atoms with Gasteiger partial charge in [0.05, 0.1) is 19.3 Å². The first-order chi connectivity index (χ1) is 30.8. The van der Waals surface area contributed by atoms with E-state index in [1.54, 1.807) is 0 Å². The van der Waals surface area contributed by atoms with Gasteiger partial charge in [0.1, 0.15) is 17.9 Å². The summed E-state index contributed by atoms with van der Waals surface area (Å²) in [6, 6.07) is 13.4. The number of rotatable bonds is 17. The molecule has 3 unspecified atom stereocenters. The Morgan fingerprint density at radius 3 is 2.36 bits per heavy atom. The van der Waals surface area contributed by atoms with E-state index in [4.69, 9.17) is 14.5 Å². The molecule has 1 amide bonds. The Morgan fingerprint density at radius 1 is 0.955 bits per heavy atom. The molecule has 3 aliphatic rings. The number of hydrogen-bond acceptors (Lipinski definition) is 11. The summed E-state index contributed by atoms with van der Waals surface area (Å²) in [5, 5.41) is 13.2. The SMILES string of the molecule is Cc1ccc2c(c1)C(C)(C)C(/C=C/C=C1/C(CCCCCC(=O)NCC#Cc3cn([C@H]4C[C@@H](O)[C@@H](COP(=O)(O)OP(=O)(O)OP(=O)(O)O)O4)c(=O)[nH]c3=O)c3ccc(C)cc3C1(C)C)=C2. The van der Waals surface area contributed by atoms with Crippen molar-refractivity contribution in [1.29, 1.82) is 0 Å². The van der Waals surface area contributed by atoms with Crippen LogP contribution in [-0.2, 0) is 47.2 Å². The fourth-order valence-corrected chi connectivity index (χ4v) is 11.8. The number of nitrogens with one attached hydrogen (secondary N) is 2. The zero-order chi connectivity index (χ0) is 48.4. The maximum atomic E-state index is 12.7. The van der Waals surface area contributed by atoms with Gasteiger partial charge >= 0.3 is 29.2 Å². The maximum absolute atomic E-state index is 12.7. The fourth-order valence-electron chi connectivity index (χ4n) is 8.74. The maximum Gasteiger partial charge on any atom is 0.490 e. The van der Waals surface area contributed by atoms with Crippen molar-refractivity contribution < 1.29 is 61.1 Å². The van der Waals surface area contributed by atoms with Gasteiger partial charge in [-0.1, -0.05) is 130 Å². The van der Waals surface area contributed by atoms with Gasteiger partial charge in [0.25, 0.3) is 5.56 Å². The lowest BCUT2D eigenvalue weighted by Gasteiger charge is -2.25. The molecule has 18 nitrogen and oxygen atoms in total. The molecule has 1 aromatic heterocycles. The Bertz CT molecular complexity index is 2790. The number of H-pyrrole nitrogens is 1. The molecule has 6 atom stereocenters. The number of hydrogen-bond donors (Lipinski definition) is 7. The van der Waals surface area contributed by atoms with E-state index >= 15 is 0 Å². The summed E-state index contributed by atoms with van der Waals surface area (Å²) in [6.07, 6.45) is 9.40. The minimum absolute atomic E-state index is 0.0888. The molecule has 2 aromatic carbocycles. The van der Waals surface area contributed by atoms with E-state index in [1.165, 1.54) is 44.5 Å². The number of benzene rings is 2.